The van der Waals surface area contributed by atoms with E-state index in [9.17, 15) is 9.59 Å². The molecule has 0 unspecified atom stereocenters. The summed E-state index contributed by atoms with van der Waals surface area (Å²) in [6.45, 7) is 1.97. The third-order valence-electron chi connectivity index (χ3n) is 2.25. The molecule has 5 nitrogen and oxygen atoms in total. The summed E-state index contributed by atoms with van der Waals surface area (Å²) in [5, 5.41) is 2.89. The number of nitrogen functional groups attached to an aromatic ring is 1. The monoisotopic (exact) mass is 236 g/mol. The molecule has 3 N–H and O–H groups in total. The minimum Gasteiger partial charge on any atom is -0.466 e. The highest BCUT2D eigenvalue weighted by Gasteiger charge is 2.13. The maximum absolute atomic E-state index is 11.7. The zero-order valence-electron chi connectivity index (χ0n) is 9.95. The number of esters is 1. The number of nitrogens with two attached hydrogens (primary N) is 1. The van der Waals surface area contributed by atoms with E-state index in [1.54, 1.807) is 32.2 Å². The molecule has 0 saturated heterocycles. The van der Waals surface area contributed by atoms with Gasteiger partial charge in [0, 0.05) is 12.6 Å². The average Bonchev–Trinajstić information content (AvgIpc) is 2.29. The molecular formula is C12H16N2O3. The second kappa shape index (κ2) is 5.89. The van der Waals surface area contributed by atoms with E-state index in [0.717, 1.165) is 5.69 Å². The Bertz CT molecular complexity index is 430. The van der Waals surface area contributed by atoms with Crippen LogP contribution in [0.2, 0.25) is 0 Å². The lowest BCUT2D eigenvalue weighted by Crippen LogP contribution is -2.11. The summed E-state index contributed by atoms with van der Waals surface area (Å²) in [7, 11) is 1.74. The molecule has 0 saturated carbocycles. The van der Waals surface area contributed by atoms with E-state index in [-0.39, 0.29) is 18.8 Å². The number of benzene rings is 1. The Hall–Kier alpha value is -2.04. The van der Waals surface area contributed by atoms with Gasteiger partial charge in [-0.1, -0.05) is 0 Å². The number of Topliss-reactive ketones (excluding diaryl/α,β-unsaturated/α-hetero) is 1. The topological polar surface area (TPSA) is 81.4 Å². The fourth-order valence-corrected chi connectivity index (χ4v) is 1.41. The zero-order valence-corrected chi connectivity index (χ0v) is 9.95. The average molecular weight is 236 g/mol. The van der Waals surface area contributed by atoms with Crippen molar-refractivity contribution in [2.75, 3.05) is 24.7 Å². The minimum absolute atomic E-state index is 0.258. The third-order valence-corrected chi connectivity index (χ3v) is 2.25. The van der Waals surface area contributed by atoms with Gasteiger partial charge >= 0.3 is 5.97 Å². The molecule has 0 spiro atoms. The minimum atomic E-state index is -0.520. The fourth-order valence-electron chi connectivity index (χ4n) is 1.41. The molecule has 0 heterocycles. The maximum Gasteiger partial charge on any atom is 0.313 e. The normalized spacial score (nSPS) is 9.76. The molecule has 0 aliphatic carbocycles. The second-order valence-corrected chi connectivity index (χ2v) is 3.46. The Morgan fingerprint density at radius 3 is 2.65 bits per heavy atom. The highest BCUT2D eigenvalue weighted by atomic mass is 16.5. The first-order valence-electron chi connectivity index (χ1n) is 5.34. The Balaban J connectivity index is 2.76. The van der Waals surface area contributed by atoms with E-state index >= 15 is 0 Å². The van der Waals surface area contributed by atoms with E-state index in [1.165, 1.54) is 0 Å². The molecule has 0 aromatic heterocycles. The van der Waals surface area contributed by atoms with Crippen LogP contribution >= 0.6 is 0 Å². The van der Waals surface area contributed by atoms with Crippen molar-refractivity contribution in [3.05, 3.63) is 23.8 Å². The number of hydrogen-bond donors (Lipinski definition) is 2. The van der Waals surface area contributed by atoms with Gasteiger partial charge < -0.3 is 15.8 Å². The van der Waals surface area contributed by atoms with E-state index in [0.29, 0.717) is 11.3 Å². The van der Waals surface area contributed by atoms with Crippen LogP contribution in [0.25, 0.3) is 0 Å². The Morgan fingerprint density at radius 1 is 1.41 bits per heavy atom. The molecule has 0 fully saturated rings. The van der Waals surface area contributed by atoms with Crippen LogP contribution in [0.3, 0.4) is 0 Å². The van der Waals surface area contributed by atoms with Gasteiger partial charge in [0.15, 0.2) is 5.78 Å². The molecule has 0 bridgehead atoms. The van der Waals surface area contributed by atoms with E-state index in [2.05, 4.69) is 5.32 Å². The molecular weight excluding hydrogens is 220 g/mol. The molecule has 0 aliphatic rings. The highest BCUT2D eigenvalue weighted by molar-refractivity contribution is 6.06. The molecule has 0 radical (unpaired) electrons. The van der Waals surface area contributed by atoms with Gasteiger partial charge in [-0.05, 0) is 25.1 Å². The highest BCUT2D eigenvalue weighted by Crippen LogP contribution is 2.20. The number of rotatable bonds is 5. The standard InChI is InChI=1S/C12H16N2O3/c1-3-17-12(16)7-11(15)8-4-5-10(14-2)9(13)6-8/h4-6,14H,3,7,13H2,1-2H3. The zero-order chi connectivity index (χ0) is 12.8. The van der Waals surface area contributed by atoms with Gasteiger partial charge in [-0.3, -0.25) is 9.59 Å². The predicted octanol–water partition coefficient (Wildman–Crippen LogP) is 1.45. The summed E-state index contributed by atoms with van der Waals surface area (Å²) in [6, 6.07) is 4.88. The lowest BCUT2D eigenvalue weighted by atomic mass is 10.1. The second-order valence-electron chi connectivity index (χ2n) is 3.46. The summed E-state index contributed by atoms with van der Waals surface area (Å²) in [5.74, 6) is -0.813. The SMILES string of the molecule is CCOC(=O)CC(=O)c1ccc(NC)c(N)c1. The molecule has 1 aromatic carbocycles. The summed E-state index contributed by atoms with van der Waals surface area (Å²) >= 11 is 0. The van der Waals surface area contributed by atoms with Crippen LogP contribution in [0.15, 0.2) is 18.2 Å². The largest absolute Gasteiger partial charge is 0.466 e. The Kier molecular flexibility index (Phi) is 4.51. The van der Waals surface area contributed by atoms with Crippen LogP contribution in [0.4, 0.5) is 11.4 Å². The maximum atomic E-state index is 11.7. The first-order chi connectivity index (χ1) is 8.08. The molecule has 1 aromatic rings. The van der Waals surface area contributed by atoms with Crippen LogP contribution in [-0.4, -0.2) is 25.4 Å². The Labute approximate surface area is 99.9 Å². The van der Waals surface area contributed by atoms with Crippen LogP contribution in [0.1, 0.15) is 23.7 Å². The van der Waals surface area contributed by atoms with Crippen molar-refractivity contribution in [1.82, 2.24) is 0 Å². The first-order valence-corrected chi connectivity index (χ1v) is 5.34. The smallest absolute Gasteiger partial charge is 0.313 e. The first kappa shape index (κ1) is 13.0. The van der Waals surface area contributed by atoms with E-state index < -0.39 is 5.97 Å². The van der Waals surface area contributed by atoms with Gasteiger partial charge in [0.05, 0.1) is 18.0 Å². The predicted molar refractivity (Wildman–Crippen MR) is 66.0 cm³/mol. The summed E-state index contributed by atoms with van der Waals surface area (Å²) in [6.07, 6.45) is -0.258. The van der Waals surface area contributed by atoms with Crippen molar-refractivity contribution in [3.8, 4) is 0 Å². The lowest BCUT2D eigenvalue weighted by Gasteiger charge is -2.07. The van der Waals surface area contributed by atoms with Crippen molar-refractivity contribution < 1.29 is 14.3 Å². The number of hydrogen-bond acceptors (Lipinski definition) is 5. The van der Waals surface area contributed by atoms with E-state index in [4.69, 9.17) is 10.5 Å². The molecule has 17 heavy (non-hydrogen) atoms. The fraction of sp³-hybridized carbons (Fsp3) is 0.333. The van der Waals surface area contributed by atoms with Gasteiger partial charge in [-0.25, -0.2) is 0 Å². The molecule has 0 atom stereocenters. The van der Waals surface area contributed by atoms with Gasteiger partial charge in [0.1, 0.15) is 6.42 Å². The third kappa shape index (κ3) is 3.48. The molecule has 0 aliphatic heterocycles. The molecule has 5 heteroatoms. The number of ether oxygens (including phenoxy) is 1. The number of nitrogens with one attached hydrogen (secondary N) is 1. The summed E-state index contributed by atoms with van der Waals surface area (Å²) in [4.78, 5) is 22.9. The van der Waals surface area contributed by atoms with Crippen molar-refractivity contribution in [1.29, 1.82) is 0 Å². The quantitative estimate of drug-likeness (QED) is 0.350. The van der Waals surface area contributed by atoms with Gasteiger partial charge in [0.25, 0.3) is 0 Å². The molecule has 0 amide bonds. The molecule has 1 rings (SSSR count). The van der Waals surface area contributed by atoms with Crippen LogP contribution in [0, 0.1) is 0 Å². The van der Waals surface area contributed by atoms with Crippen molar-refractivity contribution >= 4 is 23.1 Å². The number of ketones is 1. The van der Waals surface area contributed by atoms with Gasteiger partial charge in [-0.15, -0.1) is 0 Å². The number of anilines is 2. The van der Waals surface area contributed by atoms with Crippen LogP contribution < -0.4 is 11.1 Å². The number of carbonyl (C=O) groups is 2. The number of carbonyl (C=O) groups excluding carboxylic acids is 2. The summed E-state index contributed by atoms with van der Waals surface area (Å²) < 4.78 is 4.71. The Morgan fingerprint density at radius 2 is 2.12 bits per heavy atom. The molecule has 92 valence electrons. The summed E-state index contributed by atoms with van der Waals surface area (Å²) in [5.41, 5.74) is 7.36. The van der Waals surface area contributed by atoms with Gasteiger partial charge in [0.2, 0.25) is 0 Å². The van der Waals surface area contributed by atoms with Crippen molar-refractivity contribution in [3.63, 3.8) is 0 Å². The van der Waals surface area contributed by atoms with Crippen molar-refractivity contribution in [2.24, 2.45) is 0 Å². The lowest BCUT2D eigenvalue weighted by molar-refractivity contribution is -0.141. The van der Waals surface area contributed by atoms with E-state index in [1.807, 2.05) is 0 Å². The van der Waals surface area contributed by atoms with Crippen LogP contribution in [0.5, 0.6) is 0 Å². The van der Waals surface area contributed by atoms with Crippen LogP contribution in [-0.2, 0) is 9.53 Å². The van der Waals surface area contributed by atoms with Crippen molar-refractivity contribution in [2.45, 2.75) is 13.3 Å². The van der Waals surface area contributed by atoms with Gasteiger partial charge in [-0.2, -0.15) is 0 Å².